The summed E-state index contributed by atoms with van der Waals surface area (Å²) in [6, 6.07) is 3.78. The molecule has 8 heteroatoms. The van der Waals surface area contributed by atoms with Crippen LogP contribution in [0.3, 0.4) is 0 Å². The maximum Gasteiger partial charge on any atom is 0.410 e. The molecule has 4 rings (SSSR count). The average molecular weight is 399 g/mol. The van der Waals surface area contributed by atoms with Crippen LogP contribution in [0.2, 0.25) is 0 Å². The molecule has 2 aliphatic rings. The molecule has 29 heavy (non-hydrogen) atoms. The number of aromatic nitrogens is 4. The predicted molar refractivity (Wildman–Crippen MR) is 107 cm³/mol. The van der Waals surface area contributed by atoms with Gasteiger partial charge >= 0.3 is 6.09 Å². The van der Waals surface area contributed by atoms with Crippen molar-refractivity contribution < 1.29 is 14.3 Å². The van der Waals surface area contributed by atoms with Crippen LogP contribution in [0, 0.1) is 18.8 Å². The lowest BCUT2D eigenvalue weighted by Gasteiger charge is -2.25. The predicted octanol–water partition coefficient (Wildman–Crippen LogP) is 3.21. The number of hydrogen-bond donors (Lipinski definition) is 0. The molecule has 156 valence electrons. The summed E-state index contributed by atoms with van der Waals surface area (Å²) in [4.78, 5) is 14.2. The van der Waals surface area contributed by atoms with Crippen molar-refractivity contribution >= 4 is 6.09 Å². The van der Waals surface area contributed by atoms with Gasteiger partial charge in [-0.1, -0.05) is 0 Å². The van der Waals surface area contributed by atoms with Gasteiger partial charge in [-0.05, 0) is 58.1 Å². The van der Waals surface area contributed by atoms with Crippen LogP contribution >= 0.6 is 0 Å². The normalized spacial score (nSPS) is 23.9. The Morgan fingerprint density at radius 3 is 2.59 bits per heavy atom. The van der Waals surface area contributed by atoms with E-state index in [9.17, 15) is 4.79 Å². The molecule has 3 heterocycles. The van der Waals surface area contributed by atoms with Crippen LogP contribution in [-0.4, -0.2) is 55.8 Å². The zero-order chi connectivity index (χ0) is 20.8. The van der Waals surface area contributed by atoms with E-state index < -0.39 is 5.60 Å². The van der Waals surface area contributed by atoms with Crippen LogP contribution < -0.4 is 4.74 Å². The molecule has 0 radical (unpaired) electrons. The Morgan fingerprint density at radius 2 is 1.97 bits per heavy atom. The summed E-state index contributed by atoms with van der Waals surface area (Å²) in [5.74, 6) is 1.29. The van der Waals surface area contributed by atoms with Crippen molar-refractivity contribution in [3.8, 4) is 17.3 Å². The fourth-order valence-electron chi connectivity index (χ4n) is 4.42. The molecule has 8 nitrogen and oxygen atoms in total. The minimum Gasteiger partial charge on any atom is -0.473 e. The lowest BCUT2D eigenvalue weighted by Crippen LogP contribution is -2.37. The molecule has 1 aliphatic carbocycles. The van der Waals surface area contributed by atoms with E-state index in [0.717, 1.165) is 36.3 Å². The quantitative estimate of drug-likeness (QED) is 0.788. The fourth-order valence-corrected chi connectivity index (χ4v) is 4.42. The third-order valence-corrected chi connectivity index (χ3v) is 5.72. The lowest BCUT2D eigenvalue weighted by molar-refractivity contribution is 0.0267. The Morgan fingerprint density at radius 1 is 1.17 bits per heavy atom. The van der Waals surface area contributed by atoms with Gasteiger partial charge in [0.1, 0.15) is 17.4 Å². The molecule has 1 aliphatic heterocycles. The van der Waals surface area contributed by atoms with Gasteiger partial charge < -0.3 is 14.4 Å². The van der Waals surface area contributed by atoms with E-state index in [1.165, 1.54) is 0 Å². The van der Waals surface area contributed by atoms with Gasteiger partial charge in [-0.2, -0.15) is 5.10 Å². The molecule has 1 saturated heterocycles. The van der Waals surface area contributed by atoms with E-state index in [-0.39, 0.29) is 12.2 Å². The first kappa shape index (κ1) is 19.7. The SMILES string of the molecule is Cc1cnn(C)c1-c1ccc(OC2CCC3CN(C(=O)OC(C)(C)C)CC32)nn1. The molecule has 2 aromatic heterocycles. The first-order valence-corrected chi connectivity index (χ1v) is 10.2. The first-order chi connectivity index (χ1) is 13.7. The van der Waals surface area contributed by atoms with Crippen LogP contribution in [0.25, 0.3) is 11.4 Å². The Bertz CT molecular complexity index is 867. The van der Waals surface area contributed by atoms with Gasteiger partial charge in [-0.15, -0.1) is 10.2 Å². The zero-order valence-electron chi connectivity index (χ0n) is 17.8. The van der Waals surface area contributed by atoms with Crippen molar-refractivity contribution in [1.82, 2.24) is 24.9 Å². The minimum atomic E-state index is -0.478. The molecular formula is C21H29N5O3. The van der Waals surface area contributed by atoms with E-state index in [0.29, 0.717) is 24.3 Å². The summed E-state index contributed by atoms with van der Waals surface area (Å²) >= 11 is 0. The fraction of sp³-hybridized carbons (Fsp3) is 0.619. The summed E-state index contributed by atoms with van der Waals surface area (Å²) in [6.45, 7) is 9.09. The highest BCUT2D eigenvalue weighted by Gasteiger charge is 2.46. The summed E-state index contributed by atoms with van der Waals surface area (Å²) < 4.78 is 13.5. The number of ether oxygens (including phenoxy) is 2. The number of hydrogen-bond acceptors (Lipinski definition) is 6. The second kappa shape index (κ2) is 7.31. The lowest BCUT2D eigenvalue weighted by atomic mass is 9.99. The number of carbonyl (C=O) groups is 1. The topological polar surface area (TPSA) is 82.4 Å². The number of amides is 1. The largest absolute Gasteiger partial charge is 0.473 e. The molecule has 3 unspecified atom stereocenters. The van der Waals surface area contributed by atoms with E-state index in [4.69, 9.17) is 9.47 Å². The summed E-state index contributed by atoms with van der Waals surface area (Å²) in [5.41, 5.74) is 2.31. The monoisotopic (exact) mass is 399 g/mol. The summed E-state index contributed by atoms with van der Waals surface area (Å²) in [5, 5.41) is 12.9. The van der Waals surface area contributed by atoms with Crippen molar-refractivity contribution in [3.63, 3.8) is 0 Å². The third-order valence-electron chi connectivity index (χ3n) is 5.72. The van der Waals surface area contributed by atoms with Crippen molar-refractivity contribution in [2.45, 2.75) is 52.2 Å². The maximum absolute atomic E-state index is 12.4. The second-order valence-electron chi connectivity index (χ2n) is 9.10. The number of nitrogens with zero attached hydrogens (tertiary/aromatic N) is 5. The smallest absolute Gasteiger partial charge is 0.410 e. The standard InChI is InChI=1S/C21H29N5O3/c1-13-10-22-25(5)19(13)16-7-9-18(24-23-16)28-17-8-6-14-11-26(12-15(14)17)20(27)29-21(2,3)4/h7,9-10,14-15,17H,6,8,11-12H2,1-5H3. The van der Waals surface area contributed by atoms with Crippen molar-refractivity contribution in [2.24, 2.45) is 18.9 Å². The van der Waals surface area contributed by atoms with Crippen LogP contribution in [-0.2, 0) is 11.8 Å². The molecule has 1 saturated carbocycles. The molecule has 1 amide bonds. The number of rotatable bonds is 3. The third kappa shape index (κ3) is 4.06. The first-order valence-electron chi connectivity index (χ1n) is 10.2. The van der Waals surface area contributed by atoms with Gasteiger partial charge in [0.15, 0.2) is 0 Å². The maximum atomic E-state index is 12.4. The average Bonchev–Trinajstić information content (AvgIpc) is 3.31. The summed E-state index contributed by atoms with van der Waals surface area (Å²) in [6.07, 6.45) is 3.65. The molecular weight excluding hydrogens is 370 g/mol. The van der Waals surface area contributed by atoms with Gasteiger partial charge in [-0.3, -0.25) is 4.68 Å². The van der Waals surface area contributed by atoms with Crippen LogP contribution in [0.15, 0.2) is 18.3 Å². The van der Waals surface area contributed by atoms with Gasteiger partial charge in [0.25, 0.3) is 0 Å². The Labute approximate surface area is 171 Å². The van der Waals surface area contributed by atoms with E-state index >= 15 is 0 Å². The Kier molecular flexibility index (Phi) is 4.96. The Balaban J connectivity index is 1.40. The molecule has 2 aromatic rings. The van der Waals surface area contributed by atoms with Gasteiger partial charge in [0.2, 0.25) is 5.88 Å². The molecule has 0 N–H and O–H groups in total. The Hall–Kier alpha value is -2.64. The van der Waals surface area contributed by atoms with Crippen molar-refractivity contribution in [2.75, 3.05) is 13.1 Å². The van der Waals surface area contributed by atoms with Crippen LogP contribution in [0.4, 0.5) is 4.79 Å². The zero-order valence-corrected chi connectivity index (χ0v) is 17.8. The molecule has 3 atom stereocenters. The number of aryl methyl sites for hydroxylation is 2. The molecule has 0 spiro atoms. The molecule has 0 aromatic carbocycles. The van der Waals surface area contributed by atoms with Crippen molar-refractivity contribution in [3.05, 3.63) is 23.9 Å². The highest BCUT2D eigenvalue weighted by Crippen LogP contribution is 2.40. The molecule has 0 bridgehead atoms. The highest BCUT2D eigenvalue weighted by atomic mass is 16.6. The minimum absolute atomic E-state index is 0.0472. The highest BCUT2D eigenvalue weighted by molar-refractivity contribution is 5.68. The van der Waals surface area contributed by atoms with Gasteiger partial charge in [0.05, 0.1) is 11.9 Å². The van der Waals surface area contributed by atoms with Crippen molar-refractivity contribution in [1.29, 1.82) is 0 Å². The second-order valence-corrected chi connectivity index (χ2v) is 9.10. The van der Waals surface area contributed by atoms with Gasteiger partial charge in [0, 0.05) is 32.1 Å². The van der Waals surface area contributed by atoms with Crippen LogP contribution in [0.1, 0.15) is 39.2 Å². The number of fused-ring (bicyclic) bond motifs is 1. The summed E-state index contributed by atoms with van der Waals surface area (Å²) in [7, 11) is 1.89. The van der Waals surface area contributed by atoms with E-state index in [2.05, 4.69) is 15.3 Å². The van der Waals surface area contributed by atoms with Crippen LogP contribution in [0.5, 0.6) is 5.88 Å². The van der Waals surface area contributed by atoms with E-state index in [1.807, 2.05) is 58.0 Å². The number of likely N-dealkylation sites (tertiary alicyclic amines) is 1. The number of carbonyl (C=O) groups excluding carboxylic acids is 1. The molecule has 2 fully saturated rings. The van der Waals surface area contributed by atoms with E-state index in [1.54, 1.807) is 4.68 Å². The van der Waals surface area contributed by atoms with Gasteiger partial charge in [-0.25, -0.2) is 4.79 Å².